The molecule has 0 radical (unpaired) electrons. The van der Waals surface area contributed by atoms with Gasteiger partial charge in [-0.3, -0.25) is 4.99 Å². The van der Waals surface area contributed by atoms with E-state index in [1.54, 1.807) is 20.9 Å². The van der Waals surface area contributed by atoms with E-state index in [2.05, 4.69) is 10.3 Å². The van der Waals surface area contributed by atoms with Gasteiger partial charge in [-0.25, -0.2) is 21.1 Å². The van der Waals surface area contributed by atoms with Gasteiger partial charge in [0.25, 0.3) is 0 Å². The number of sulfonamides is 1. The van der Waals surface area contributed by atoms with Crippen molar-refractivity contribution in [3.63, 3.8) is 0 Å². The first-order valence-corrected chi connectivity index (χ1v) is 11.4. The summed E-state index contributed by atoms with van der Waals surface area (Å²) in [6.45, 7) is 8.84. The standard InChI is InChI=1S/C14H30N4O4S2/c1-6-18(7-2)24(21,22)10-8-16-13(15-5)17-9-11-23(19,20)14(3,4)12-17/h6-12H2,1-5H3,(H,15,16). The second-order valence-corrected chi connectivity index (χ2v) is 11.2. The van der Waals surface area contributed by atoms with Crippen molar-refractivity contribution in [3.8, 4) is 0 Å². The molecule has 1 heterocycles. The minimum Gasteiger partial charge on any atom is -0.355 e. The minimum atomic E-state index is -3.30. The third-order valence-electron chi connectivity index (χ3n) is 4.30. The van der Waals surface area contributed by atoms with Crippen LogP contribution in [0.15, 0.2) is 4.99 Å². The molecule has 1 aliphatic heterocycles. The summed E-state index contributed by atoms with van der Waals surface area (Å²) in [5.74, 6) is 0.578. The van der Waals surface area contributed by atoms with Gasteiger partial charge in [-0.15, -0.1) is 0 Å². The van der Waals surface area contributed by atoms with Crippen LogP contribution >= 0.6 is 0 Å². The summed E-state index contributed by atoms with van der Waals surface area (Å²) >= 11 is 0. The smallest absolute Gasteiger partial charge is 0.215 e. The van der Waals surface area contributed by atoms with Gasteiger partial charge in [-0.05, 0) is 13.8 Å². The lowest BCUT2D eigenvalue weighted by Crippen LogP contribution is -2.57. The van der Waals surface area contributed by atoms with E-state index in [1.807, 2.05) is 18.7 Å². The molecule has 0 aromatic rings. The van der Waals surface area contributed by atoms with E-state index in [4.69, 9.17) is 0 Å². The van der Waals surface area contributed by atoms with Crippen molar-refractivity contribution in [1.82, 2.24) is 14.5 Å². The topological polar surface area (TPSA) is 99.2 Å². The van der Waals surface area contributed by atoms with E-state index < -0.39 is 24.6 Å². The van der Waals surface area contributed by atoms with Gasteiger partial charge in [0.05, 0.1) is 16.3 Å². The monoisotopic (exact) mass is 382 g/mol. The zero-order chi connectivity index (χ0) is 18.6. The number of nitrogens with one attached hydrogen (secondary N) is 1. The molecule has 0 aromatic heterocycles. The molecule has 0 amide bonds. The summed E-state index contributed by atoms with van der Waals surface area (Å²) in [5, 5.41) is 3.04. The third kappa shape index (κ3) is 4.82. The van der Waals surface area contributed by atoms with E-state index in [9.17, 15) is 16.8 Å². The largest absolute Gasteiger partial charge is 0.355 e. The maximum atomic E-state index is 12.2. The Labute approximate surface area is 146 Å². The predicted octanol–water partition coefficient (Wildman–Crippen LogP) is -0.258. The highest BCUT2D eigenvalue weighted by Gasteiger charge is 2.40. The van der Waals surface area contributed by atoms with Gasteiger partial charge in [-0.1, -0.05) is 13.8 Å². The molecule has 142 valence electrons. The Morgan fingerprint density at radius 1 is 1.29 bits per heavy atom. The van der Waals surface area contributed by atoms with Crippen LogP contribution in [0.25, 0.3) is 0 Å². The van der Waals surface area contributed by atoms with Crippen LogP contribution in [0.4, 0.5) is 0 Å². The Kier molecular flexibility index (Phi) is 7.06. The van der Waals surface area contributed by atoms with E-state index in [0.29, 0.717) is 32.1 Å². The normalized spacial score (nSPS) is 21.1. The van der Waals surface area contributed by atoms with Crippen LogP contribution in [-0.4, -0.2) is 88.0 Å². The van der Waals surface area contributed by atoms with Crippen molar-refractivity contribution in [1.29, 1.82) is 0 Å². The van der Waals surface area contributed by atoms with Gasteiger partial charge in [0.2, 0.25) is 10.0 Å². The molecule has 1 fully saturated rings. The Balaban J connectivity index is 2.68. The van der Waals surface area contributed by atoms with Gasteiger partial charge >= 0.3 is 0 Å². The molecular weight excluding hydrogens is 352 g/mol. The number of nitrogens with zero attached hydrogens (tertiary/aromatic N) is 3. The van der Waals surface area contributed by atoms with Gasteiger partial charge in [0.1, 0.15) is 0 Å². The van der Waals surface area contributed by atoms with Crippen molar-refractivity contribution in [2.24, 2.45) is 4.99 Å². The first-order valence-electron chi connectivity index (χ1n) is 8.16. The molecule has 0 unspecified atom stereocenters. The molecule has 0 aromatic carbocycles. The fraction of sp³-hybridized carbons (Fsp3) is 0.929. The molecule has 1 aliphatic rings. The number of rotatable bonds is 6. The quantitative estimate of drug-likeness (QED) is 0.502. The molecule has 1 saturated heterocycles. The van der Waals surface area contributed by atoms with Crippen LogP contribution in [0.5, 0.6) is 0 Å². The first kappa shape index (κ1) is 21.2. The molecule has 1 N–H and O–H groups in total. The molecule has 24 heavy (non-hydrogen) atoms. The number of aliphatic imine (C=N–C) groups is 1. The maximum absolute atomic E-state index is 12.2. The lowest BCUT2D eigenvalue weighted by molar-refractivity contribution is 0.354. The highest BCUT2D eigenvalue weighted by Crippen LogP contribution is 2.23. The van der Waals surface area contributed by atoms with Crippen LogP contribution in [0.1, 0.15) is 27.7 Å². The molecule has 10 heteroatoms. The fourth-order valence-corrected chi connectivity index (χ4v) is 5.47. The highest BCUT2D eigenvalue weighted by atomic mass is 32.2. The average molecular weight is 383 g/mol. The van der Waals surface area contributed by atoms with Gasteiger partial charge in [0, 0.05) is 39.8 Å². The number of hydrogen-bond acceptors (Lipinski definition) is 5. The molecule has 0 saturated carbocycles. The van der Waals surface area contributed by atoms with Crippen LogP contribution in [0.2, 0.25) is 0 Å². The molecule has 1 rings (SSSR count). The van der Waals surface area contributed by atoms with Crippen LogP contribution in [0, 0.1) is 0 Å². The zero-order valence-electron chi connectivity index (χ0n) is 15.2. The molecule has 0 aliphatic carbocycles. The number of hydrogen-bond donors (Lipinski definition) is 1. The lowest BCUT2D eigenvalue weighted by atomic mass is 10.2. The Hall–Kier alpha value is -0.870. The zero-order valence-corrected chi connectivity index (χ0v) is 16.9. The van der Waals surface area contributed by atoms with Crippen molar-refractivity contribution >= 4 is 25.8 Å². The van der Waals surface area contributed by atoms with Crippen LogP contribution in [-0.2, 0) is 19.9 Å². The molecule has 0 bridgehead atoms. The highest BCUT2D eigenvalue weighted by molar-refractivity contribution is 7.92. The second kappa shape index (κ2) is 8.01. The minimum absolute atomic E-state index is 0.0246. The van der Waals surface area contributed by atoms with E-state index >= 15 is 0 Å². The van der Waals surface area contributed by atoms with Crippen molar-refractivity contribution in [2.75, 3.05) is 51.3 Å². The Morgan fingerprint density at radius 3 is 2.33 bits per heavy atom. The maximum Gasteiger partial charge on any atom is 0.215 e. The number of guanidine groups is 1. The summed E-state index contributed by atoms with van der Waals surface area (Å²) < 4.78 is 49.1. The van der Waals surface area contributed by atoms with Crippen LogP contribution < -0.4 is 5.32 Å². The van der Waals surface area contributed by atoms with Crippen molar-refractivity contribution < 1.29 is 16.8 Å². The summed E-state index contributed by atoms with van der Waals surface area (Å²) in [4.78, 5) is 6.02. The molecule has 8 nitrogen and oxygen atoms in total. The number of sulfone groups is 1. The lowest BCUT2D eigenvalue weighted by Gasteiger charge is -2.39. The second-order valence-electron chi connectivity index (χ2n) is 6.37. The third-order valence-corrected chi connectivity index (χ3v) is 8.85. The van der Waals surface area contributed by atoms with Gasteiger partial charge < -0.3 is 10.2 Å². The van der Waals surface area contributed by atoms with E-state index in [1.165, 1.54) is 4.31 Å². The van der Waals surface area contributed by atoms with Crippen molar-refractivity contribution in [3.05, 3.63) is 0 Å². The SMILES string of the molecule is CCN(CC)S(=O)(=O)CCNC(=NC)N1CCS(=O)(=O)C(C)(C)C1. The Bertz CT molecular complexity index is 652. The first-order chi connectivity index (χ1) is 11.0. The van der Waals surface area contributed by atoms with Gasteiger partial charge in [0.15, 0.2) is 15.8 Å². The summed E-state index contributed by atoms with van der Waals surface area (Å²) in [7, 11) is -4.81. The van der Waals surface area contributed by atoms with Crippen molar-refractivity contribution in [2.45, 2.75) is 32.4 Å². The summed E-state index contributed by atoms with van der Waals surface area (Å²) in [6, 6.07) is 0. The summed E-state index contributed by atoms with van der Waals surface area (Å²) in [6.07, 6.45) is 0. The summed E-state index contributed by atoms with van der Waals surface area (Å²) in [5.41, 5.74) is 0. The van der Waals surface area contributed by atoms with Gasteiger partial charge in [-0.2, -0.15) is 0 Å². The van der Waals surface area contributed by atoms with Crippen LogP contribution in [0.3, 0.4) is 0 Å². The average Bonchev–Trinajstić information content (AvgIpc) is 2.47. The van der Waals surface area contributed by atoms with E-state index in [-0.39, 0.29) is 18.1 Å². The Morgan fingerprint density at radius 2 is 1.88 bits per heavy atom. The molecular formula is C14H30N4O4S2. The molecule has 0 spiro atoms. The predicted molar refractivity (Wildman–Crippen MR) is 97.5 cm³/mol. The molecule has 0 atom stereocenters. The van der Waals surface area contributed by atoms with E-state index in [0.717, 1.165) is 0 Å². The fourth-order valence-electron chi connectivity index (χ4n) is 2.69.